The van der Waals surface area contributed by atoms with Crippen molar-refractivity contribution in [2.24, 2.45) is 5.84 Å². The minimum atomic E-state index is -0.333. The topological polar surface area (TPSA) is 75.6 Å². The van der Waals surface area contributed by atoms with Gasteiger partial charge in [-0.05, 0) is 54.4 Å². The molecule has 0 bridgehead atoms. The summed E-state index contributed by atoms with van der Waals surface area (Å²) in [7, 11) is 0. The van der Waals surface area contributed by atoms with Crippen LogP contribution in [0.4, 0.5) is 27.1 Å². The Bertz CT molecular complexity index is 991. The Hall–Kier alpha value is -3.38. The maximum absolute atomic E-state index is 13.1. The molecule has 1 amide bonds. The van der Waals surface area contributed by atoms with Crippen molar-refractivity contribution in [1.29, 1.82) is 0 Å². The highest BCUT2D eigenvalue weighted by Crippen LogP contribution is 2.39. The normalized spacial score (nSPS) is 16.4. The second-order valence-electron chi connectivity index (χ2n) is 6.82. The van der Waals surface area contributed by atoms with E-state index in [-0.39, 0.29) is 17.8 Å². The highest BCUT2D eigenvalue weighted by molar-refractivity contribution is 5.97. The molecule has 1 aliphatic heterocycles. The van der Waals surface area contributed by atoms with Gasteiger partial charge >= 0.3 is 0 Å². The number of benzene rings is 3. The van der Waals surface area contributed by atoms with Crippen molar-refractivity contribution in [3.8, 4) is 0 Å². The standard InChI is InChI=1S/C22H21FN4O/c23-16-6-8-17(9-7-16)27(25)21-11-10-18(14-19(21)24)26-20(12-13-22(26)28)15-4-2-1-3-5-15/h1-11,14,20H,12-13,24-25H2. The first-order chi connectivity index (χ1) is 13.5. The van der Waals surface area contributed by atoms with Gasteiger partial charge in [-0.15, -0.1) is 0 Å². The molecule has 1 atom stereocenters. The van der Waals surface area contributed by atoms with Gasteiger partial charge in [0.2, 0.25) is 5.91 Å². The first kappa shape index (κ1) is 18.0. The molecule has 0 aromatic heterocycles. The van der Waals surface area contributed by atoms with Crippen LogP contribution in [0.5, 0.6) is 0 Å². The monoisotopic (exact) mass is 376 g/mol. The summed E-state index contributed by atoms with van der Waals surface area (Å²) in [5, 5.41) is 1.40. The lowest BCUT2D eigenvalue weighted by Crippen LogP contribution is -2.28. The number of anilines is 4. The van der Waals surface area contributed by atoms with Crippen LogP contribution in [0.3, 0.4) is 0 Å². The fourth-order valence-electron chi connectivity index (χ4n) is 3.65. The molecule has 1 fully saturated rings. The SMILES string of the molecule is Nc1cc(N2C(=O)CCC2c2ccccc2)ccc1N(N)c1ccc(F)cc1. The number of hydrogen-bond donors (Lipinski definition) is 2. The van der Waals surface area contributed by atoms with Crippen LogP contribution in [0.25, 0.3) is 0 Å². The zero-order chi connectivity index (χ0) is 19.7. The van der Waals surface area contributed by atoms with Crippen LogP contribution in [-0.4, -0.2) is 5.91 Å². The number of nitrogens with zero attached hydrogens (tertiary/aromatic N) is 2. The van der Waals surface area contributed by atoms with E-state index >= 15 is 0 Å². The third-order valence-electron chi connectivity index (χ3n) is 5.05. The number of amides is 1. The van der Waals surface area contributed by atoms with Crippen LogP contribution in [-0.2, 0) is 4.79 Å². The summed E-state index contributed by atoms with van der Waals surface area (Å²) in [6.07, 6.45) is 1.27. The molecule has 5 nitrogen and oxygen atoms in total. The van der Waals surface area contributed by atoms with Gasteiger partial charge in [-0.3, -0.25) is 9.80 Å². The van der Waals surface area contributed by atoms with Gasteiger partial charge in [0.1, 0.15) is 5.82 Å². The van der Waals surface area contributed by atoms with E-state index in [9.17, 15) is 9.18 Å². The molecule has 3 aromatic rings. The third kappa shape index (κ3) is 3.30. The third-order valence-corrected chi connectivity index (χ3v) is 5.05. The Labute approximate surface area is 162 Å². The average Bonchev–Trinajstić information content (AvgIpc) is 3.10. The van der Waals surface area contributed by atoms with E-state index < -0.39 is 0 Å². The molecule has 142 valence electrons. The molecule has 0 radical (unpaired) electrons. The van der Waals surface area contributed by atoms with E-state index in [1.807, 2.05) is 36.4 Å². The quantitative estimate of drug-likeness (QED) is 0.405. The summed E-state index contributed by atoms with van der Waals surface area (Å²) in [4.78, 5) is 14.4. The predicted molar refractivity (Wildman–Crippen MR) is 109 cm³/mol. The molecule has 1 saturated heterocycles. The van der Waals surface area contributed by atoms with Gasteiger partial charge in [0.25, 0.3) is 0 Å². The number of halogens is 1. The number of rotatable bonds is 4. The Balaban J connectivity index is 1.65. The number of hydrazine groups is 1. The molecule has 4 N–H and O–H groups in total. The Kier molecular flexibility index (Phi) is 4.71. The second-order valence-corrected chi connectivity index (χ2v) is 6.82. The molecule has 0 saturated carbocycles. The van der Waals surface area contributed by atoms with Gasteiger partial charge in [0, 0.05) is 12.1 Å². The fourth-order valence-corrected chi connectivity index (χ4v) is 3.65. The van der Waals surface area contributed by atoms with E-state index in [0.29, 0.717) is 23.5 Å². The van der Waals surface area contributed by atoms with Crippen LogP contribution >= 0.6 is 0 Å². The van der Waals surface area contributed by atoms with Crippen LogP contribution < -0.4 is 21.5 Å². The maximum atomic E-state index is 13.1. The van der Waals surface area contributed by atoms with Gasteiger partial charge in [-0.1, -0.05) is 30.3 Å². The minimum absolute atomic E-state index is 0.00923. The summed E-state index contributed by atoms with van der Waals surface area (Å²) in [6, 6.07) is 21.2. The van der Waals surface area contributed by atoms with Crippen molar-refractivity contribution < 1.29 is 9.18 Å². The number of carbonyl (C=O) groups is 1. The molecular weight excluding hydrogens is 355 g/mol. The summed E-state index contributed by atoms with van der Waals surface area (Å²) in [5.41, 5.74) is 9.73. The summed E-state index contributed by atoms with van der Waals surface area (Å²) in [6.45, 7) is 0. The lowest BCUT2D eigenvalue weighted by molar-refractivity contribution is -0.117. The molecule has 6 heteroatoms. The first-order valence-corrected chi connectivity index (χ1v) is 9.11. The summed E-state index contributed by atoms with van der Waals surface area (Å²) < 4.78 is 13.1. The fraction of sp³-hybridized carbons (Fsp3) is 0.136. The molecule has 1 heterocycles. The maximum Gasteiger partial charge on any atom is 0.227 e. The number of nitrogen functional groups attached to an aromatic ring is 1. The van der Waals surface area contributed by atoms with Crippen molar-refractivity contribution in [2.45, 2.75) is 18.9 Å². The largest absolute Gasteiger partial charge is 0.397 e. The molecule has 0 aliphatic carbocycles. The molecule has 1 unspecified atom stereocenters. The summed E-state index contributed by atoms with van der Waals surface area (Å²) >= 11 is 0. The van der Waals surface area contributed by atoms with Gasteiger partial charge < -0.3 is 10.6 Å². The van der Waals surface area contributed by atoms with E-state index in [1.165, 1.54) is 17.1 Å². The van der Waals surface area contributed by atoms with Gasteiger partial charge in [-0.25, -0.2) is 10.2 Å². The van der Waals surface area contributed by atoms with E-state index in [0.717, 1.165) is 17.7 Å². The summed E-state index contributed by atoms with van der Waals surface area (Å²) in [5.74, 6) is 5.91. The van der Waals surface area contributed by atoms with Gasteiger partial charge in [0.15, 0.2) is 0 Å². The highest BCUT2D eigenvalue weighted by Gasteiger charge is 2.33. The zero-order valence-corrected chi connectivity index (χ0v) is 15.3. The Morgan fingerprint density at radius 2 is 1.71 bits per heavy atom. The van der Waals surface area contributed by atoms with Crippen molar-refractivity contribution in [3.63, 3.8) is 0 Å². The van der Waals surface area contributed by atoms with Crippen molar-refractivity contribution in [3.05, 3.63) is 84.2 Å². The van der Waals surface area contributed by atoms with Gasteiger partial charge in [-0.2, -0.15) is 0 Å². The average molecular weight is 376 g/mol. The van der Waals surface area contributed by atoms with E-state index in [4.69, 9.17) is 11.6 Å². The minimum Gasteiger partial charge on any atom is -0.397 e. The Morgan fingerprint density at radius 1 is 1.00 bits per heavy atom. The number of hydrogen-bond acceptors (Lipinski definition) is 4. The van der Waals surface area contributed by atoms with Crippen LogP contribution in [0.2, 0.25) is 0 Å². The van der Waals surface area contributed by atoms with Crippen LogP contribution in [0.15, 0.2) is 72.8 Å². The molecule has 28 heavy (non-hydrogen) atoms. The molecular formula is C22H21FN4O. The van der Waals surface area contributed by atoms with Gasteiger partial charge in [0.05, 0.1) is 23.1 Å². The van der Waals surface area contributed by atoms with Crippen LogP contribution in [0.1, 0.15) is 24.4 Å². The van der Waals surface area contributed by atoms with Crippen molar-refractivity contribution in [1.82, 2.24) is 0 Å². The number of nitrogens with two attached hydrogens (primary N) is 2. The molecule has 3 aromatic carbocycles. The Morgan fingerprint density at radius 3 is 2.39 bits per heavy atom. The zero-order valence-electron chi connectivity index (χ0n) is 15.3. The predicted octanol–water partition coefficient (Wildman–Crippen LogP) is 4.29. The molecule has 0 spiro atoms. The number of carbonyl (C=O) groups excluding carboxylic acids is 1. The van der Waals surface area contributed by atoms with E-state index in [1.54, 1.807) is 29.2 Å². The first-order valence-electron chi connectivity index (χ1n) is 9.11. The lowest BCUT2D eigenvalue weighted by atomic mass is 10.0. The lowest BCUT2D eigenvalue weighted by Gasteiger charge is -2.27. The second kappa shape index (κ2) is 7.32. The molecule has 1 aliphatic rings. The molecule has 4 rings (SSSR count). The smallest absolute Gasteiger partial charge is 0.227 e. The van der Waals surface area contributed by atoms with Crippen molar-refractivity contribution >= 4 is 28.7 Å². The van der Waals surface area contributed by atoms with Crippen molar-refractivity contribution in [2.75, 3.05) is 15.6 Å². The van der Waals surface area contributed by atoms with Crippen LogP contribution in [0, 0.1) is 5.82 Å². The van der Waals surface area contributed by atoms with E-state index in [2.05, 4.69) is 0 Å². The highest BCUT2D eigenvalue weighted by atomic mass is 19.1.